The molecule has 2 aromatic rings. The Bertz CT molecular complexity index is 1190. The van der Waals surface area contributed by atoms with E-state index in [4.69, 9.17) is 11.5 Å². The molecule has 12 heteroatoms. The van der Waals surface area contributed by atoms with E-state index >= 15 is 0 Å². The molecule has 5 unspecified atom stereocenters. The topological polar surface area (TPSA) is 214 Å². The van der Waals surface area contributed by atoms with Crippen molar-refractivity contribution in [1.29, 1.82) is 0 Å². The van der Waals surface area contributed by atoms with Gasteiger partial charge in [-0.05, 0) is 35.6 Å². The van der Waals surface area contributed by atoms with Crippen molar-refractivity contribution in [2.45, 2.75) is 70.1 Å². The lowest BCUT2D eigenvalue weighted by atomic mass is 9.96. The van der Waals surface area contributed by atoms with Crippen LogP contribution in [-0.2, 0) is 36.8 Å². The van der Waals surface area contributed by atoms with Crippen LogP contribution in [0.4, 0.5) is 0 Å². The SMILES string of the molecule is CCC(C)C(NC(=O)C(Cc1ccccc1)NC(=O)C(N)CCC(N)=O)C(=O)NC(Cc1ccc(O)cc1)C(=O)O. The number of rotatable bonds is 16. The third-order valence-corrected chi connectivity index (χ3v) is 6.74. The number of primary amides is 1. The molecule has 222 valence electrons. The van der Waals surface area contributed by atoms with Crippen molar-refractivity contribution in [3.8, 4) is 5.75 Å². The summed E-state index contributed by atoms with van der Waals surface area (Å²) in [5, 5.41) is 27.0. The number of aromatic hydroxyl groups is 1. The van der Waals surface area contributed by atoms with E-state index in [2.05, 4.69) is 16.0 Å². The molecule has 0 aromatic heterocycles. The van der Waals surface area contributed by atoms with Crippen LogP contribution in [-0.4, -0.2) is 64.0 Å². The Morgan fingerprint density at radius 1 is 0.805 bits per heavy atom. The second-order valence-corrected chi connectivity index (χ2v) is 10.0. The van der Waals surface area contributed by atoms with Crippen LogP contribution in [0.5, 0.6) is 5.75 Å². The minimum Gasteiger partial charge on any atom is -0.508 e. The number of nitrogens with two attached hydrogens (primary N) is 2. The number of carbonyl (C=O) groups excluding carboxylic acids is 4. The van der Waals surface area contributed by atoms with E-state index in [9.17, 15) is 34.2 Å². The van der Waals surface area contributed by atoms with Gasteiger partial charge in [0.05, 0.1) is 6.04 Å². The number of aliphatic carboxylic acids is 1. The average molecular weight is 570 g/mol. The Balaban J connectivity index is 2.22. The molecule has 0 aliphatic heterocycles. The number of phenols is 1. The highest BCUT2D eigenvalue weighted by Crippen LogP contribution is 2.14. The number of nitrogens with one attached hydrogen (secondary N) is 3. The molecular weight excluding hydrogens is 530 g/mol. The zero-order valence-corrected chi connectivity index (χ0v) is 23.2. The summed E-state index contributed by atoms with van der Waals surface area (Å²) in [4.78, 5) is 62.6. The maximum Gasteiger partial charge on any atom is 0.326 e. The van der Waals surface area contributed by atoms with Crippen molar-refractivity contribution in [2.75, 3.05) is 0 Å². The lowest BCUT2D eigenvalue weighted by Crippen LogP contribution is -2.59. The summed E-state index contributed by atoms with van der Waals surface area (Å²) in [6.45, 7) is 3.56. The van der Waals surface area contributed by atoms with Gasteiger partial charge < -0.3 is 37.6 Å². The lowest BCUT2D eigenvalue weighted by Gasteiger charge is -2.28. The van der Waals surface area contributed by atoms with Gasteiger partial charge in [0, 0.05) is 19.3 Å². The fraction of sp³-hybridized carbons (Fsp3) is 0.414. The fourth-order valence-electron chi connectivity index (χ4n) is 4.05. The van der Waals surface area contributed by atoms with E-state index in [1.54, 1.807) is 49.4 Å². The number of phenolic OH excluding ortho intramolecular Hbond substituents is 1. The molecule has 2 rings (SSSR count). The summed E-state index contributed by atoms with van der Waals surface area (Å²) < 4.78 is 0. The van der Waals surface area contributed by atoms with Crippen molar-refractivity contribution in [3.63, 3.8) is 0 Å². The van der Waals surface area contributed by atoms with Gasteiger partial charge in [-0.3, -0.25) is 19.2 Å². The molecule has 0 fully saturated rings. The van der Waals surface area contributed by atoms with Crippen LogP contribution < -0.4 is 27.4 Å². The molecular formula is C29H39N5O7. The Kier molecular flexibility index (Phi) is 12.8. The lowest BCUT2D eigenvalue weighted by molar-refractivity contribution is -0.142. The van der Waals surface area contributed by atoms with Crippen LogP contribution in [0.2, 0.25) is 0 Å². The van der Waals surface area contributed by atoms with Gasteiger partial charge >= 0.3 is 5.97 Å². The van der Waals surface area contributed by atoms with Gasteiger partial charge in [-0.25, -0.2) is 4.79 Å². The number of benzene rings is 2. The van der Waals surface area contributed by atoms with Crippen LogP contribution >= 0.6 is 0 Å². The monoisotopic (exact) mass is 569 g/mol. The van der Waals surface area contributed by atoms with Crippen molar-refractivity contribution < 1.29 is 34.2 Å². The van der Waals surface area contributed by atoms with Gasteiger partial charge in [-0.2, -0.15) is 0 Å². The average Bonchev–Trinajstić information content (AvgIpc) is 2.94. The zero-order valence-electron chi connectivity index (χ0n) is 23.2. The van der Waals surface area contributed by atoms with Gasteiger partial charge in [0.15, 0.2) is 0 Å². The molecule has 2 aromatic carbocycles. The number of carboxylic acids is 1. The standard InChI is InChI=1S/C29H39N5O7/c1-3-17(2)25(28(39)33-23(29(40)41)16-19-9-11-20(35)12-10-19)34-27(38)22(15-18-7-5-4-6-8-18)32-26(37)21(30)13-14-24(31)36/h4-12,17,21-23,25,35H,3,13-16,30H2,1-2H3,(H2,31,36)(H,32,37)(H,33,39)(H,34,38)(H,40,41). The zero-order chi connectivity index (χ0) is 30.5. The minimum atomic E-state index is -1.29. The third kappa shape index (κ3) is 10.9. The largest absolute Gasteiger partial charge is 0.508 e. The molecule has 0 aliphatic rings. The molecule has 0 aliphatic carbocycles. The van der Waals surface area contributed by atoms with Gasteiger partial charge in [-0.15, -0.1) is 0 Å². The number of hydrogen-bond donors (Lipinski definition) is 7. The molecule has 9 N–H and O–H groups in total. The van der Waals surface area contributed by atoms with E-state index < -0.39 is 53.8 Å². The van der Waals surface area contributed by atoms with Crippen LogP contribution in [0.25, 0.3) is 0 Å². The molecule has 4 amide bonds. The van der Waals surface area contributed by atoms with Gasteiger partial charge in [0.25, 0.3) is 0 Å². The maximum atomic E-state index is 13.5. The van der Waals surface area contributed by atoms with Crippen molar-refractivity contribution in [3.05, 3.63) is 65.7 Å². The van der Waals surface area contributed by atoms with Crippen molar-refractivity contribution in [1.82, 2.24) is 16.0 Å². The molecule has 0 radical (unpaired) electrons. The smallest absolute Gasteiger partial charge is 0.326 e. The Labute approximate surface area is 238 Å². The summed E-state index contributed by atoms with van der Waals surface area (Å²) in [7, 11) is 0. The van der Waals surface area contributed by atoms with Crippen molar-refractivity contribution >= 4 is 29.6 Å². The summed E-state index contributed by atoms with van der Waals surface area (Å²) in [6, 6.07) is 10.3. The number of hydrogen-bond acceptors (Lipinski definition) is 7. The van der Waals surface area contributed by atoms with Crippen LogP contribution in [0, 0.1) is 5.92 Å². The molecule has 12 nitrogen and oxygen atoms in total. The highest BCUT2D eigenvalue weighted by atomic mass is 16.4. The number of amides is 4. The fourth-order valence-corrected chi connectivity index (χ4v) is 4.05. The molecule has 0 saturated heterocycles. The summed E-state index contributed by atoms with van der Waals surface area (Å²) in [5.41, 5.74) is 12.4. The second-order valence-electron chi connectivity index (χ2n) is 10.0. The highest BCUT2D eigenvalue weighted by Gasteiger charge is 2.33. The second kappa shape index (κ2) is 16.0. The first-order chi connectivity index (χ1) is 19.4. The predicted molar refractivity (Wildman–Crippen MR) is 151 cm³/mol. The van der Waals surface area contributed by atoms with E-state index in [0.717, 1.165) is 5.56 Å². The summed E-state index contributed by atoms with van der Waals surface area (Å²) in [5.74, 6) is -4.24. The molecule has 0 spiro atoms. The minimum absolute atomic E-state index is 0.00362. The number of carboxylic acid groups (broad SMARTS) is 1. The van der Waals surface area contributed by atoms with E-state index in [-0.39, 0.29) is 37.4 Å². The molecule has 0 heterocycles. The van der Waals surface area contributed by atoms with Crippen LogP contribution in [0.3, 0.4) is 0 Å². The quantitative estimate of drug-likeness (QED) is 0.149. The Morgan fingerprint density at radius 3 is 1.93 bits per heavy atom. The van der Waals surface area contributed by atoms with Crippen molar-refractivity contribution in [2.24, 2.45) is 17.4 Å². The summed E-state index contributed by atoms with van der Waals surface area (Å²) >= 11 is 0. The number of carbonyl (C=O) groups is 5. The first-order valence-electron chi connectivity index (χ1n) is 13.4. The third-order valence-electron chi connectivity index (χ3n) is 6.74. The van der Waals surface area contributed by atoms with E-state index in [1.165, 1.54) is 12.1 Å². The van der Waals surface area contributed by atoms with E-state index in [0.29, 0.717) is 12.0 Å². The summed E-state index contributed by atoms with van der Waals surface area (Å²) in [6.07, 6.45) is 0.431. The molecule has 5 atom stereocenters. The predicted octanol–water partition coefficient (Wildman–Crippen LogP) is 0.355. The first kappa shape index (κ1) is 32.8. The van der Waals surface area contributed by atoms with Crippen LogP contribution in [0.1, 0.15) is 44.2 Å². The normalized spacial score (nSPS) is 14.5. The molecule has 0 bridgehead atoms. The molecule has 0 saturated carbocycles. The highest BCUT2D eigenvalue weighted by molar-refractivity contribution is 5.94. The van der Waals surface area contributed by atoms with Gasteiger partial charge in [0.1, 0.15) is 23.9 Å². The van der Waals surface area contributed by atoms with Gasteiger partial charge in [-0.1, -0.05) is 62.7 Å². The van der Waals surface area contributed by atoms with E-state index in [1.807, 2.05) is 6.92 Å². The maximum absolute atomic E-state index is 13.5. The Morgan fingerprint density at radius 2 is 1.37 bits per heavy atom. The Hall–Kier alpha value is -4.45. The first-order valence-corrected chi connectivity index (χ1v) is 13.4. The molecule has 41 heavy (non-hydrogen) atoms. The van der Waals surface area contributed by atoms with Crippen LogP contribution in [0.15, 0.2) is 54.6 Å². The van der Waals surface area contributed by atoms with Gasteiger partial charge in [0.2, 0.25) is 23.6 Å².